The van der Waals surface area contributed by atoms with Crippen LogP contribution in [-0.4, -0.2) is 23.6 Å². The molecular formula is C12H13ClN2O2S. The second-order valence-corrected chi connectivity index (χ2v) is 7.27. The van der Waals surface area contributed by atoms with Crippen molar-refractivity contribution >= 4 is 27.0 Å². The van der Waals surface area contributed by atoms with Crippen LogP contribution in [0.25, 0.3) is 5.52 Å². The lowest BCUT2D eigenvalue weighted by atomic mass is 10.2. The highest BCUT2D eigenvalue weighted by molar-refractivity contribution is 7.91. The Kier molecular flexibility index (Phi) is 2.83. The zero-order valence-electron chi connectivity index (χ0n) is 9.71. The molecule has 18 heavy (non-hydrogen) atoms. The van der Waals surface area contributed by atoms with E-state index in [0.29, 0.717) is 17.4 Å². The number of halogens is 1. The Hall–Kier alpha value is -1.07. The van der Waals surface area contributed by atoms with Gasteiger partial charge < -0.3 is 0 Å². The summed E-state index contributed by atoms with van der Waals surface area (Å²) >= 11 is 6.14. The van der Waals surface area contributed by atoms with Crippen LogP contribution >= 0.6 is 11.6 Å². The summed E-state index contributed by atoms with van der Waals surface area (Å²) in [6.07, 6.45) is 3.97. The highest BCUT2D eigenvalue weighted by Gasteiger charge is 2.33. The number of rotatable bonds is 1. The van der Waals surface area contributed by atoms with E-state index in [1.807, 2.05) is 12.1 Å². The number of sulfone groups is 1. The lowest BCUT2D eigenvalue weighted by Gasteiger charge is -2.21. The molecule has 1 aliphatic heterocycles. The van der Waals surface area contributed by atoms with Gasteiger partial charge in [0.25, 0.3) is 0 Å². The molecule has 96 valence electrons. The Balaban J connectivity index is 2.20. The molecular weight excluding hydrogens is 272 g/mol. The summed E-state index contributed by atoms with van der Waals surface area (Å²) in [4.78, 5) is 4.27. The molecule has 0 radical (unpaired) electrons. The monoisotopic (exact) mass is 284 g/mol. The van der Waals surface area contributed by atoms with E-state index in [-0.39, 0.29) is 5.75 Å². The van der Waals surface area contributed by atoms with Gasteiger partial charge in [-0.15, -0.1) is 0 Å². The topological polar surface area (TPSA) is 51.4 Å². The number of fused-ring (bicyclic) bond motifs is 1. The van der Waals surface area contributed by atoms with Crippen molar-refractivity contribution in [3.05, 3.63) is 35.4 Å². The molecule has 1 unspecified atom stereocenters. The molecule has 0 spiro atoms. The number of imidazole rings is 1. The van der Waals surface area contributed by atoms with Gasteiger partial charge in [0.2, 0.25) is 0 Å². The third-order valence-corrected chi connectivity index (χ3v) is 5.86. The summed E-state index contributed by atoms with van der Waals surface area (Å²) in [6, 6.07) is 5.45. The summed E-state index contributed by atoms with van der Waals surface area (Å²) in [5, 5.41) is -0.0191. The van der Waals surface area contributed by atoms with Crippen LogP contribution in [0.4, 0.5) is 0 Å². The van der Waals surface area contributed by atoms with Gasteiger partial charge >= 0.3 is 0 Å². The fraction of sp³-hybridized carbons (Fsp3) is 0.417. The summed E-state index contributed by atoms with van der Waals surface area (Å²) < 4.78 is 26.0. The first kappa shape index (κ1) is 12.0. The van der Waals surface area contributed by atoms with E-state index >= 15 is 0 Å². The molecule has 0 N–H and O–H groups in total. The Morgan fingerprint density at radius 1 is 1.33 bits per heavy atom. The molecule has 1 fully saturated rings. The Labute approximate surface area is 111 Å². The molecule has 0 aromatic carbocycles. The second-order valence-electron chi connectivity index (χ2n) is 4.58. The van der Waals surface area contributed by atoms with Crippen LogP contribution in [0.1, 0.15) is 30.3 Å². The lowest BCUT2D eigenvalue weighted by Crippen LogP contribution is -2.23. The molecule has 0 saturated carbocycles. The number of aromatic nitrogens is 2. The molecule has 0 amide bonds. The molecule has 2 aromatic rings. The molecule has 1 atom stereocenters. The molecule has 1 aliphatic rings. The minimum absolute atomic E-state index is 0.247. The van der Waals surface area contributed by atoms with Crippen LogP contribution in [-0.2, 0) is 9.84 Å². The van der Waals surface area contributed by atoms with Crippen molar-refractivity contribution in [2.24, 2.45) is 0 Å². The third kappa shape index (κ3) is 1.82. The Morgan fingerprint density at radius 3 is 2.94 bits per heavy atom. The number of hydrogen-bond acceptors (Lipinski definition) is 3. The SMILES string of the molecule is O=S1(=O)CCCCC1c1ncc2cccc(Cl)n12. The van der Waals surface area contributed by atoms with Gasteiger partial charge in [0.05, 0.1) is 17.5 Å². The highest BCUT2D eigenvalue weighted by Crippen LogP contribution is 2.33. The van der Waals surface area contributed by atoms with Gasteiger partial charge in [0.1, 0.15) is 16.2 Å². The van der Waals surface area contributed by atoms with E-state index in [9.17, 15) is 8.42 Å². The summed E-state index contributed by atoms with van der Waals surface area (Å²) in [5.41, 5.74) is 0.832. The predicted molar refractivity (Wildman–Crippen MR) is 70.6 cm³/mol. The van der Waals surface area contributed by atoms with Crippen molar-refractivity contribution in [1.82, 2.24) is 9.38 Å². The average Bonchev–Trinajstić information content (AvgIpc) is 2.73. The molecule has 0 aliphatic carbocycles. The van der Waals surface area contributed by atoms with E-state index in [2.05, 4.69) is 4.98 Å². The summed E-state index contributed by atoms with van der Waals surface area (Å²) in [5.74, 6) is 0.798. The molecule has 3 rings (SSSR count). The van der Waals surface area contributed by atoms with Gasteiger partial charge in [-0.25, -0.2) is 13.4 Å². The molecule has 3 heterocycles. The molecule has 6 heteroatoms. The summed E-state index contributed by atoms with van der Waals surface area (Å²) in [6.45, 7) is 0. The standard InChI is InChI=1S/C12H13ClN2O2S/c13-11-6-3-4-9-8-14-12(15(9)11)10-5-1-2-7-18(10,16)17/h3-4,6,8,10H,1-2,5,7H2. The molecule has 1 saturated heterocycles. The van der Waals surface area contributed by atoms with Crippen LogP contribution < -0.4 is 0 Å². The lowest BCUT2D eigenvalue weighted by molar-refractivity contribution is 0.538. The van der Waals surface area contributed by atoms with Gasteiger partial charge in [0.15, 0.2) is 9.84 Å². The number of hydrogen-bond donors (Lipinski definition) is 0. The smallest absolute Gasteiger partial charge is 0.160 e. The van der Waals surface area contributed by atoms with Crippen LogP contribution in [0.2, 0.25) is 5.15 Å². The maximum absolute atomic E-state index is 12.1. The largest absolute Gasteiger partial charge is 0.286 e. The highest BCUT2D eigenvalue weighted by atomic mass is 35.5. The minimum atomic E-state index is -3.10. The second kappa shape index (κ2) is 4.24. The van der Waals surface area contributed by atoms with Crippen molar-refractivity contribution in [3.63, 3.8) is 0 Å². The zero-order valence-corrected chi connectivity index (χ0v) is 11.3. The molecule has 4 nitrogen and oxygen atoms in total. The van der Waals surface area contributed by atoms with E-state index in [1.165, 1.54) is 0 Å². The fourth-order valence-corrected chi connectivity index (χ4v) is 4.66. The quantitative estimate of drug-likeness (QED) is 0.757. The van der Waals surface area contributed by atoms with Crippen molar-refractivity contribution in [1.29, 1.82) is 0 Å². The van der Waals surface area contributed by atoms with Gasteiger partial charge in [0, 0.05) is 0 Å². The molecule has 2 aromatic heterocycles. The zero-order chi connectivity index (χ0) is 12.8. The minimum Gasteiger partial charge on any atom is -0.286 e. The first-order valence-electron chi connectivity index (χ1n) is 5.93. The van der Waals surface area contributed by atoms with E-state index in [1.54, 1.807) is 16.7 Å². The summed E-state index contributed by atoms with van der Waals surface area (Å²) in [7, 11) is -3.10. The number of nitrogens with zero attached hydrogens (tertiary/aromatic N) is 2. The van der Waals surface area contributed by atoms with Crippen molar-refractivity contribution in [2.75, 3.05) is 5.75 Å². The van der Waals surface area contributed by atoms with E-state index in [0.717, 1.165) is 18.4 Å². The maximum atomic E-state index is 12.1. The van der Waals surface area contributed by atoms with E-state index in [4.69, 9.17) is 11.6 Å². The predicted octanol–water partition coefficient (Wildman–Crippen LogP) is 2.63. The van der Waals surface area contributed by atoms with Crippen LogP contribution in [0.15, 0.2) is 24.4 Å². The van der Waals surface area contributed by atoms with Gasteiger partial charge in [-0.1, -0.05) is 24.1 Å². The number of pyridine rings is 1. The van der Waals surface area contributed by atoms with E-state index < -0.39 is 15.1 Å². The van der Waals surface area contributed by atoms with Gasteiger partial charge in [-0.3, -0.25) is 4.40 Å². The van der Waals surface area contributed by atoms with Gasteiger partial charge in [-0.2, -0.15) is 0 Å². The van der Waals surface area contributed by atoms with Crippen LogP contribution in [0.3, 0.4) is 0 Å². The Bertz CT molecular complexity index is 693. The molecule has 0 bridgehead atoms. The van der Waals surface area contributed by atoms with Crippen LogP contribution in [0.5, 0.6) is 0 Å². The average molecular weight is 285 g/mol. The van der Waals surface area contributed by atoms with Crippen molar-refractivity contribution in [2.45, 2.75) is 24.5 Å². The van der Waals surface area contributed by atoms with Gasteiger partial charge in [-0.05, 0) is 25.0 Å². The van der Waals surface area contributed by atoms with Crippen LogP contribution in [0, 0.1) is 0 Å². The Morgan fingerprint density at radius 2 is 2.17 bits per heavy atom. The normalized spacial score (nSPS) is 23.3. The maximum Gasteiger partial charge on any atom is 0.160 e. The first-order chi connectivity index (χ1) is 8.59. The third-order valence-electron chi connectivity index (χ3n) is 3.40. The van der Waals surface area contributed by atoms with Crippen molar-refractivity contribution < 1.29 is 8.42 Å². The first-order valence-corrected chi connectivity index (χ1v) is 8.02. The van der Waals surface area contributed by atoms with Crippen molar-refractivity contribution in [3.8, 4) is 0 Å². The fourth-order valence-electron chi connectivity index (χ4n) is 2.50.